The Morgan fingerprint density at radius 2 is 2.16 bits per heavy atom. The van der Waals surface area contributed by atoms with Crippen LogP contribution < -0.4 is 0 Å². The van der Waals surface area contributed by atoms with Crippen LogP contribution in [0.15, 0.2) is 46.8 Å². The molecule has 1 aliphatic heterocycles. The Kier molecular flexibility index (Phi) is 5.30. The van der Waals surface area contributed by atoms with Crippen LogP contribution in [0.5, 0.6) is 5.75 Å². The zero-order valence-electron chi connectivity index (χ0n) is 13.5. The third-order valence-electron chi connectivity index (χ3n) is 3.37. The van der Waals surface area contributed by atoms with Crippen LogP contribution in [0.2, 0.25) is 0 Å². The lowest BCUT2D eigenvalue weighted by molar-refractivity contribution is -0.121. The number of aryl methyl sites for hydroxylation is 1. The van der Waals surface area contributed by atoms with Gasteiger partial charge >= 0.3 is 0 Å². The number of hydrogen-bond acceptors (Lipinski definition) is 7. The second kappa shape index (κ2) is 7.62. The van der Waals surface area contributed by atoms with E-state index >= 15 is 0 Å². The molecule has 3 rings (SSSR count). The van der Waals surface area contributed by atoms with Gasteiger partial charge in [-0.2, -0.15) is 4.99 Å². The summed E-state index contributed by atoms with van der Waals surface area (Å²) >= 11 is 2.65. The fraction of sp³-hybridized carbons (Fsp3) is 0.176. The molecular weight excluding hydrogens is 356 g/mol. The quantitative estimate of drug-likeness (QED) is 0.641. The molecule has 0 aliphatic carbocycles. The summed E-state index contributed by atoms with van der Waals surface area (Å²) in [6, 6.07) is 6.88. The van der Waals surface area contributed by atoms with Crippen molar-refractivity contribution in [2.45, 2.75) is 13.3 Å². The van der Waals surface area contributed by atoms with Crippen molar-refractivity contribution < 1.29 is 9.90 Å². The molecule has 1 fully saturated rings. The number of thioether (sulfide) groups is 1. The fourth-order valence-corrected chi connectivity index (χ4v) is 3.84. The molecule has 0 atom stereocenters. The Hall–Kier alpha value is -2.45. The monoisotopic (exact) mass is 372 g/mol. The minimum absolute atomic E-state index is 0.126. The van der Waals surface area contributed by atoms with E-state index in [2.05, 4.69) is 21.8 Å². The second-order valence-corrected chi connectivity index (χ2v) is 7.15. The summed E-state index contributed by atoms with van der Waals surface area (Å²) in [4.78, 5) is 19.2. The lowest BCUT2D eigenvalue weighted by Gasteiger charge is -2.11. The number of amides is 1. The zero-order chi connectivity index (χ0) is 17.8. The van der Waals surface area contributed by atoms with E-state index in [1.54, 1.807) is 36.4 Å². The summed E-state index contributed by atoms with van der Waals surface area (Å²) in [6.45, 7) is 6.05. The van der Waals surface area contributed by atoms with Crippen LogP contribution >= 0.6 is 23.1 Å². The van der Waals surface area contributed by atoms with Gasteiger partial charge in [0.1, 0.15) is 10.8 Å². The second-order valence-electron chi connectivity index (χ2n) is 5.10. The normalized spacial score (nSPS) is 17.6. The lowest BCUT2D eigenvalue weighted by atomic mass is 10.2. The van der Waals surface area contributed by atoms with Gasteiger partial charge in [-0.15, -0.1) is 16.8 Å². The lowest BCUT2D eigenvalue weighted by Crippen LogP contribution is -2.29. The smallest absolute Gasteiger partial charge is 0.267 e. The van der Waals surface area contributed by atoms with E-state index in [0.717, 1.165) is 11.4 Å². The molecule has 0 spiro atoms. The number of carbonyl (C=O) groups excluding carboxylic acids is 1. The van der Waals surface area contributed by atoms with Gasteiger partial charge in [-0.05, 0) is 30.3 Å². The number of amidine groups is 1. The van der Waals surface area contributed by atoms with E-state index in [0.29, 0.717) is 27.3 Å². The summed E-state index contributed by atoms with van der Waals surface area (Å²) in [5, 5.41) is 19.9. The van der Waals surface area contributed by atoms with Crippen molar-refractivity contribution in [3.05, 3.63) is 52.4 Å². The van der Waals surface area contributed by atoms with Crippen molar-refractivity contribution in [3.8, 4) is 5.75 Å². The summed E-state index contributed by atoms with van der Waals surface area (Å²) in [7, 11) is 0. The maximum atomic E-state index is 12.7. The Bertz CT molecular complexity index is 873. The van der Waals surface area contributed by atoms with Crippen LogP contribution in [0, 0.1) is 0 Å². The highest BCUT2D eigenvalue weighted by Gasteiger charge is 2.33. The van der Waals surface area contributed by atoms with Crippen LogP contribution in [0.4, 0.5) is 5.13 Å². The Morgan fingerprint density at radius 1 is 1.36 bits per heavy atom. The molecule has 0 bridgehead atoms. The molecule has 8 heteroatoms. The predicted octanol–water partition coefficient (Wildman–Crippen LogP) is 3.60. The van der Waals surface area contributed by atoms with Crippen LogP contribution in [-0.2, 0) is 11.2 Å². The number of benzene rings is 1. The highest BCUT2D eigenvalue weighted by atomic mass is 32.2. The van der Waals surface area contributed by atoms with Gasteiger partial charge in [0.2, 0.25) is 5.13 Å². The van der Waals surface area contributed by atoms with Gasteiger partial charge in [-0.1, -0.05) is 42.5 Å². The molecule has 0 saturated carbocycles. The van der Waals surface area contributed by atoms with E-state index in [-0.39, 0.29) is 11.7 Å². The van der Waals surface area contributed by atoms with Gasteiger partial charge in [0, 0.05) is 12.1 Å². The van der Waals surface area contributed by atoms with E-state index in [1.807, 2.05) is 6.92 Å². The molecule has 1 aliphatic rings. The number of para-hydroxylation sites is 1. The van der Waals surface area contributed by atoms with Crippen molar-refractivity contribution in [1.29, 1.82) is 0 Å². The van der Waals surface area contributed by atoms with Crippen molar-refractivity contribution in [2.75, 3.05) is 6.54 Å². The van der Waals surface area contributed by atoms with Crippen molar-refractivity contribution in [1.82, 2.24) is 15.1 Å². The van der Waals surface area contributed by atoms with Crippen LogP contribution in [0.1, 0.15) is 17.5 Å². The molecule has 6 nitrogen and oxygen atoms in total. The van der Waals surface area contributed by atoms with Crippen molar-refractivity contribution in [3.63, 3.8) is 0 Å². The largest absolute Gasteiger partial charge is 0.507 e. The SMILES string of the molecule is C=CCN1C(=O)C(=Cc2ccccc2O)SC1=Nc1nnc(CC)s1. The first-order chi connectivity index (χ1) is 12.1. The number of nitrogens with zero attached hydrogens (tertiary/aromatic N) is 4. The third-order valence-corrected chi connectivity index (χ3v) is 5.34. The molecular formula is C17H16N4O2S2. The van der Waals surface area contributed by atoms with Crippen LogP contribution in [0.25, 0.3) is 6.08 Å². The number of aromatic hydroxyl groups is 1. The van der Waals surface area contributed by atoms with Gasteiger partial charge in [-0.3, -0.25) is 9.69 Å². The zero-order valence-corrected chi connectivity index (χ0v) is 15.2. The highest BCUT2D eigenvalue weighted by molar-refractivity contribution is 8.18. The maximum Gasteiger partial charge on any atom is 0.267 e. The topological polar surface area (TPSA) is 78.7 Å². The van der Waals surface area contributed by atoms with E-state index in [9.17, 15) is 9.90 Å². The number of phenolic OH excluding ortho intramolecular Hbond substituents is 1. The number of rotatable bonds is 5. The van der Waals surface area contributed by atoms with Gasteiger partial charge in [0.05, 0.1) is 4.91 Å². The predicted molar refractivity (Wildman–Crippen MR) is 102 cm³/mol. The standard InChI is InChI=1S/C17H16N4O2S2/c1-3-9-21-15(23)13(10-11-7-5-6-8-12(11)22)24-17(21)18-16-20-19-14(4-2)25-16/h3,5-8,10,22H,1,4,9H2,2H3. The minimum Gasteiger partial charge on any atom is -0.507 e. The number of phenols is 1. The Morgan fingerprint density at radius 3 is 2.84 bits per heavy atom. The molecule has 0 unspecified atom stereocenters. The van der Waals surface area contributed by atoms with Gasteiger partial charge in [-0.25, -0.2) is 0 Å². The van der Waals surface area contributed by atoms with Crippen molar-refractivity contribution >= 4 is 45.4 Å². The number of aromatic nitrogens is 2. The molecule has 2 heterocycles. The fourth-order valence-electron chi connectivity index (χ4n) is 2.15. The van der Waals surface area contributed by atoms with E-state index in [1.165, 1.54) is 28.0 Å². The minimum atomic E-state index is -0.174. The molecule has 1 aromatic carbocycles. The van der Waals surface area contributed by atoms with Crippen LogP contribution in [-0.4, -0.2) is 37.8 Å². The first kappa shape index (κ1) is 17.4. The molecule has 1 aromatic heterocycles. The first-order valence-corrected chi connectivity index (χ1v) is 9.27. The van der Waals surface area contributed by atoms with E-state index in [4.69, 9.17) is 0 Å². The van der Waals surface area contributed by atoms with Crippen molar-refractivity contribution in [2.24, 2.45) is 4.99 Å². The summed E-state index contributed by atoms with van der Waals surface area (Å²) in [5.41, 5.74) is 0.585. The van der Waals surface area contributed by atoms with Crippen LogP contribution in [0.3, 0.4) is 0 Å². The Balaban J connectivity index is 1.95. The maximum absolute atomic E-state index is 12.7. The number of hydrogen-bond donors (Lipinski definition) is 1. The van der Waals surface area contributed by atoms with Gasteiger partial charge in [0.15, 0.2) is 5.17 Å². The first-order valence-electron chi connectivity index (χ1n) is 7.63. The average molecular weight is 372 g/mol. The molecule has 2 aromatic rings. The molecule has 0 radical (unpaired) electrons. The Labute approximate surface area is 153 Å². The van der Waals surface area contributed by atoms with Gasteiger partial charge in [0.25, 0.3) is 5.91 Å². The molecule has 128 valence electrons. The molecule has 1 amide bonds. The average Bonchev–Trinajstić information content (AvgIpc) is 3.17. The molecule has 1 saturated heterocycles. The number of aliphatic imine (C=N–C) groups is 1. The summed E-state index contributed by atoms with van der Waals surface area (Å²) in [5.74, 6) is -0.0482. The molecule has 25 heavy (non-hydrogen) atoms. The number of carbonyl (C=O) groups is 1. The summed E-state index contributed by atoms with van der Waals surface area (Å²) < 4.78 is 0. The molecule has 1 N–H and O–H groups in total. The van der Waals surface area contributed by atoms with Gasteiger partial charge < -0.3 is 5.11 Å². The summed E-state index contributed by atoms with van der Waals surface area (Å²) in [6.07, 6.45) is 4.11. The third kappa shape index (κ3) is 3.80. The highest BCUT2D eigenvalue weighted by Crippen LogP contribution is 2.35. The van der Waals surface area contributed by atoms with E-state index < -0.39 is 0 Å².